The highest BCUT2D eigenvalue weighted by Gasteiger charge is 2.12. The molecule has 2 aromatic rings. The van der Waals surface area contributed by atoms with Crippen molar-refractivity contribution < 1.29 is 9.59 Å². The van der Waals surface area contributed by atoms with Gasteiger partial charge in [0, 0.05) is 44.2 Å². The van der Waals surface area contributed by atoms with Crippen LogP contribution in [0, 0.1) is 13.8 Å². The first-order chi connectivity index (χ1) is 12.0. The standard InChI is InChI=1S/C21H26N2O2/c1-16-9-10-17(2)19(15-16)20(24)11-12-21(25)22-13-14-23(3)18-7-5-4-6-8-18/h4-10,15H,11-14H2,1-3H3,(H,22,25). The Morgan fingerprint density at radius 1 is 1.00 bits per heavy atom. The summed E-state index contributed by atoms with van der Waals surface area (Å²) < 4.78 is 0. The molecule has 4 nitrogen and oxygen atoms in total. The molecule has 0 aliphatic heterocycles. The minimum Gasteiger partial charge on any atom is -0.373 e. The smallest absolute Gasteiger partial charge is 0.220 e. The summed E-state index contributed by atoms with van der Waals surface area (Å²) in [6, 6.07) is 15.8. The molecular formula is C21H26N2O2. The Hall–Kier alpha value is -2.62. The van der Waals surface area contributed by atoms with Crippen LogP contribution < -0.4 is 10.2 Å². The Bertz CT molecular complexity index is 726. The van der Waals surface area contributed by atoms with Gasteiger partial charge in [0.1, 0.15) is 0 Å². The average molecular weight is 338 g/mol. The lowest BCUT2D eigenvalue weighted by molar-refractivity contribution is -0.121. The second-order valence-electron chi connectivity index (χ2n) is 6.35. The normalized spacial score (nSPS) is 10.4. The third kappa shape index (κ3) is 5.75. The van der Waals surface area contributed by atoms with Crippen molar-refractivity contribution in [3.05, 3.63) is 65.2 Å². The van der Waals surface area contributed by atoms with Gasteiger partial charge in [-0.15, -0.1) is 0 Å². The third-order valence-electron chi connectivity index (χ3n) is 4.24. The first-order valence-corrected chi connectivity index (χ1v) is 8.60. The molecule has 0 aromatic heterocycles. The number of anilines is 1. The van der Waals surface area contributed by atoms with Gasteiger partial charge in [-0.1, -0.05) is 35.9 Å². The number of hydrogen-bond acceptors (Lipinski definition) is 3. The predicted octanol–water partition coefficient (Wildman–Crippen LogP) is 3.52. The van der Waals surface area contributed by atoms with Crippen molar-refractivity contribution >= 4 is 17.4 Å². The lowest BCUT2D eigenvalue weighted by Gasteiger charge is -2.19. The summed E-state index contributed by atoms with van der Waals surface area (Å²) in [4.78, 5) is 26.4. The molecule has 0 heterocycles. The first-order valence-electron chi connectivity index (χ1n) is 8.60. The number of likely N-dealkylation sites (N-methyl/N-ethyl adjacent to an activating group) is 1. The molecule has 0 spiro atoms. The highest BCUT2D eigenvalue weighted by Crippen LogP contribution is 2.14. The van der Waals surface area contributed by atoms with E-state index in [1.165, 1.54) is 0 Å². The molecule has 1 amide bonds. The van der Waals surface area contributed by atoms with E-state index < -0.39 is 0 Å². The molecule has 132 valence electrons. The van der Waals surface area contributed by atoms with E-state index in [0.29, 0.717) is 6.54 Å². The summed E-state index contributed by atoms with van der Waals surface area (Å²) >= 11 is 0. The van der Waals surface area contributed by atoms with E-state index in [1.807, 2.05) is 69.4 Å². The number of hydrogen-bond donors (Lipinski definition) is 1. The number of carbonyl (C=O) groups excluding carboxylic acids is 2. The molecule has 0 radical (unpaired) electrons. The van der Waals surface area contributed by atoms with Gasteiger partial charge >= 0.3 is 0 Å². The van der Waals surface area contributed by atoms with Gasteiger partial charge in [0.15, 0.2) is 5.78 Å². The summed E-state index contributed by atoms with van der Waals surface area (Å²) in [6.07, 6.45) is 0.464. The van der Waals surface area contributed by atoms with Gasteiger partial charge < -0.3 is 10.2 Å². The Morgan fingerprint density at radius 3 is 2.44 bits per heavy atom. The van der Waals surface area contributed by atoms with Crippen molar-refractivity contribution in [1.29, 1.82) is 0 Å². The van der Waals surface area contributed by atoms with Crippen LogP contribution in [0.25, 0.3) is 0 Å². The highest BCUT2D eigenvalue weighted by atomic mass is 16.2. The fourth-order valence-corrected chi connectivity index (χ4v) is 2.66. The van der Waals surface area contributed by atoms with E-state index in [4.69, 9.17) is 0 Å². The number of rotatable bonds is 8. The quantitative estimate of drug-likeness (QED) is 0.749. The van der Waals surface area contributed by atoms with Gasteiger partial charge in [0.2, 0.25) is 5.91 Å². The van der Waals surface area contributed by atoms with E-state index >= 15 is 0 Å². The maximum absolute atomic E-state index is 12.3. The maximum Gasteiger partial charge on any atom is 0.220 e. The van der Waals surface area contributed by atoms with Crippen LogP contribution in [-0.4, -0.2) is 31.8 Å². The number of carbonyl (C=O) groups is 2. The van der Waals surface area contributed by atoms with Crippen molar-refractivity contribution in [2.24, 2.45) is 0 Å². The zero-order valence-electron chi connectivity index (χ0n) is 15.2. The van der Waals surface area contributed by atoms with Crippen LogP contribution in [0.1, 0.15) is 34.3 Å². The maximum atomic E-state index is 12.3. The molecule has 0 saturated carbocycles. The Labute approximate surface area is 149 Å². The van der Waals surface area contributed by atoms with E-state index in [0.717, 1.165) is 28.9 Å². The molecule has 0 bridgehead atoms. The first kappa shape index (κ1) is 18.7. The SMILES string of the molecule is Cc1ccc(C)c(C(=O)CCC(=O)NCCN(C)c2ccccc2)c1. The van der Waals surface area contributed by atoms with Crippen molar-refractivity contribution in [3.63, 3.8) is 0 Å². The van der Waals surface area contributed by atoms with E-state index in [9.17, 15) is 9.59 Å². The van der Waals surface area contributed by atoms with Crippen LogP contribution in [0.5, 0.6) is 0 Å². The molecule has 1 N–H and O–H groups in total. The zero-order chi connectivity index (χ0) is 18.2. The van der Waals surface area contributed by atoms with Gasteiger partial charge in [0.25, 0.3) is 0 Å². The third-order valence-corrected chi connectivity index (χ3v) is 4.24. The second kappa shape index (κ2) is 9.02. The molecule has 0 atom stereocenters. The Balaban J connectivity index is 1.73. The number of nitrogens with one attached hydrogen (secondary N) is 1. The summed E-state index contributed by atoms with van der Waals surface area (Å²) in [7, 11) is 1.99. The minimum atomic E-state index is -0.0832. The van der Waals surface area contributed by atoms with Crippen molar-refractivity contribution in [2.45, 2.75) is 26.7 Å². The van der Waals surface area contributed by atoms with Crippen molar-refractivity contribution in [2.75, 3.05) is 25.0 Å². The van der Waals surface area contributed by atoms with Gasteiger partial charge in [-0.2, -0.15) is 0 Å². The fourth-order valence-electron chi connectivity index (χ4n) is 2.66. The number of Topliss-reactive ketones (excluding diaryl/α,β-unsaturated/α-hetero) is 1. The van der Waals surface area contributed by atoms with E-state index in [1.54, 1.807) is 0 Å². The molecule has 0 aliphatic carbocycles. The van der Waals surface area contributed by atoms with Gasteiger partial charge in [-0.3, -0.25) is 9.59 Å². The number of para-hydroxylation sites is 1. The largest absolute Gasteiger partial charge is 0.373 e. The molecule has 0 unspecified atom stereocenters. The van der Waals surface area contributed by atoms with Gasteiger partial charge in [-0.05, 0) is 37.6 Å². The number of ketones is 1. The summed E-state index contributed by atoms with van der Waals surface area (Å²) in [5, 5.41) is 2.88. The Morgan fingerprint density at radius 2 is 1.72 bits per heavy atom. The monoisotopic (exact) mass is 338 g/mol. The minimum absolute atomic E-state index is 0.0257. The topological polar surface area (TPSA) is 49.4 Å². The lowest BCUT2D eigenvalue weighted by atomic mass is 9.99. The molecule has 2 aromatic carbocycles. The zero-order valence-corrected chi connectivity index (χ0v) is 15.2. The van der Waals surface area contributed by atoms with Crippen LogP contribution >= 0.6 is 0 Å². The van der Waals surface area contributed by atoms with Crippen LogP contribution in [-0.2, 0) is 4.79 Å². The van der Waals surface area contributed by atoms with Crippen molar-refractivity contribution in [3.8, 4) is 0 Å². The highest BCUT2D eigenvalue weighted by molar-refractivity contribution is 5.99. The van der Waals surface area contributed by atoms with E-state index in [-0.39, 0.29) is 24.5 Å². The summed E-state index contributed by atoms with van der Waals surface area (Å²) in [5.41, 5.74) is 3.85. The molecular weight excluding hydrogens is 312 g/mol. The molecule has 25 heavy (non-hydrogen) atoms. The van der Waals surface area contributed by atoms with Crippen LogP contribution in [0.2, 0.25) is 0 Å². The molecule has 0 fully saturated rings. The molecule has 0 aliphatic rings. The second-order valence-corrected chi connectivity index (χ2v) is 6.35. The molecule has 0 saturated heterocycles. The predicted molar refractivity (Wildman–Crippen MR) is 102 cm³/mol. The average Bonchev–Trinajstić information content (AvgIpc) is 2.62. The van der Waals surface area contributed by atoms with Crippen LogP contribution in [0.4, 0.5) is 5.69 Å². The van der Waals surface area contributed by atoms with Gasteiger partial charge in [-0.25, -0.2) is 0 Å². The van der Waals surface area contributed by atoms with Gasteiger partial charge in [0.05, 0.1) is 0 Å². The molecule has 4 heteroatoms. The molecule has 2 rings (SSSR count). The van der Waals surface area contributed by atoms with Crippen LogP contribution in [0.15, 0.2) is 48.5 Å². The number of amides is 1. The number of benzene rings is 2. The lowest BCUT2D eigenvalue weighted by Crippen LogP contribution is -2.33. The van der Waals surface area contributed by atoms with E-state index in [2.05, 4.69) is 10.2 Å². The Kier molecular flexibility index (Phi) is 6.75. The fraction of sp³-hybridized carbons (Fsp3) is 0.333. The van der Waals surface area contributed by atoms with Crippen molar-refractivity contribution in [1.82, 2.24) is 5.32 Å². The summed E-state index contributed by atoms with van der Waals surface area (Å²) in [5.74, 6) is -0.0575. The summed E-state index contributed by atoms with van der Waals surface area (Å²) in [6.45, 7) is 5.17. The number of aryl methyl sites for hydroxylation is 2. The number of nitrogens with zero attached hydrogens (tertiary/aromatic N) is 1. The van der Waals surface area contributed by atoms with Crippen LogP contribution in [0.3, 0.4) is 0 Å².